The summed E-state index contributed by atoms with van der Waals surface area (Å²) in [7, 11) is 0. The molecule has 1 unspecified atom stereocenters. The van der Waals surface area contributed by atoms with Crippen LogP contribution in [0.5, 0.6) is 5.75 Å². The Labute approximate surface area is 120 Å². The molecule has 0 bridgehead atoms. The zero-order valence-corrected chi connectivity index (χ0v) is 11.8. The van der Waals surface area contributed by atoms with E-state index in [0.717, 1.165) is 16.9 Å². The van der Waals surface area contributed by atoms with E-state index in [0.29, 0.717) is 13.2 Å². The van der Waals surface area contributed by atoms with Crippen LogP contribution in [0.1, 0.15) is 24.1 Å². The molecule has 106 valence electrons. The Bertz CT molecular complexity index is 513. The van der Waals surface area contributed by atoms with Crippen molar-refractivity contribution in [2.45, 2.75) is 19.6 Å². The van der Waals surface area contributed by atoms with E-state index in [-0.39, 0.29) is 12.6 Å². The number of hydrogen-bond acceptors (Lipinski definition) is 3. The van der Waals surface area contributed by atoms with Crippen LogP contribution in [0.2, 0.25) is 0 Å². The van der Waals surface area contributed by atoms with Gasteiger partial charge < -0.3 is 15.2 Å². The summed E-state index contributed by atoms with van der Waals surface area (Å²) in [4.78, 5) is 0. The van der Waals surface area contributed by atoms with E-state index in [2.05, 4.69) is 30.4 Å². The third-order valence-corrected chi connectivity index (χ3v) is 3.19. The van der Waals surface area contributed by atoms with E-state index in [4.69, 9.17) is 9.84 Å². The molecule has 0 aliphatic heterocycles. The fourth-order valence-electron chi connectivity index (χ4n) is 2.10. The molecule has 2 aromatic rings. The minimum absolute atomic E-state index is 0.136. The topological polar surface area (TPSA) is 41.5 Å². The second-order valence-corrected chi connectivity index (χ2v) is 4.71. The molecule has 0 spiro atoms. The van der Waals surface area contributed by atoms with E-state index in [1.807, 2.05) is 36.4 Å². The standard InChI is InChI=1S/C17H21NO2/c1-14(18-11-12-19)16-9-5-6-10-17(16)20-13-15-7-3-2-4-8-15/h2-10,14,18-19H,11-13H2,1H3. The summed E-state index contributed by atoms with van der Waals surface area (Å²) in [6.07, 6.45) is 0. The van der Waals surface area contributed by atoms with Crippen LogP contribution in [-0.2, 0) is 6.61 Å². The largest absolute Gasteiger partial charge is 0.489 e. The molecule has 2 N–H and O–H groups in total. The number of aliphatic hydroxyl groups is 1. The molecule has 20 heavy (non-hydrogen) atoms. The molecule has 0 saturated carbocycles. The molecule has 0 amide bonds. The first-order valence-corrected chi connectivity index (χ1v) is 6.91. The molecule has 3 nitrogen and oxygen atoms in total. The van der Waals surface area contributed by atoms with Crippen LogP contribution in [0.15, 0.2) is 54.6 Å². The van der Waals surface area contributed by atoms with E-state index < -0.39 is 0 Å². The number of rotatable bonds is 7. The van der Waals surface area contributed by atoms with E-state index >= 15 is 0 Å². The lowest BCUT2D eigenvalue weighted by molar-refractivity contribution is 0.281. The van der Waals surface area contributed by atoms with Crippen molar-refractivity contribution in [3.8, 4) is 5.75 Å². The van der Waals surface area contributed by atoms with Gasteiger partial charge in [0.15, 0.2) is 0 Å². The smallest absolute Gasteiger partial charge is 0.124 e. The van der Waals surface area contributed by atoms with Gasteiger partial charge in [-0.2, -0.15) is 0 Å². The maximum Gasteiger partial charge on any atom is 0.124 e. The number of para-hydroxylation sites is 1. The normalized spacial score (nSPS) is 12.1. The van der Waals surface area contributed by atoms with Crippen molar-refractivity contribution in [2.24, 2.45) is 0 Å². The van der Waals surface area contributed by atoms with Crippen molar-refractivity contribution in [3.05, 3.63) is 65.7 Å². The molecule has 0 aliphatic carbocycles. The maximum atomic E-state index is 8.89. The highest BCUT2D eigenvalue weighted by Crippen LogP contribution is 2.25. The third-order valence-electron chi connectivity index (χ3n) is 3.19. The number of aliphatic hydroxyl groups excluding tert-OH is 1. The lowest BCUT2D eigenvalue weighted by Gasteiger charge is -2.18. The lowest BCUT2D eigenvalue weighted by Crippen LogP contribution is -2.22. The lowest BCUT2D eigenvalue weighted by atomic mass is 10.1. The van der Waals surface area contributed by atoms with Crippen LogP contribution >= 0.6 is 0 Å². The van der Waals surface area contributed by atoms with Crippen LogP contribution in [0.25, 0.3) is 0 Å². The van der Waals surface area contributed by atoms with Gasteiger partial charge in [-0.3, -0.25) is 0 Å². The summed E-state index contributed by atoms with van der Waals surface area (Å²) in [5.74, 6) is 0.884. The van der Waals surface area contributed by atoms with Crippen molar-refractivity contribution in [1.82, 2.24) is 5.32 Å². The zero-order valence-electron chi connectivity index (χ0n) is 11.8. The van der Waals surface area contributed by atoms with E-state index in [9.17, 15) is 0 Å². The van der Waals surface area contributed by atoms with Gasteiger partial charge in [0.05, 0.1) is 6.61 Å². The molecule has 0 fully saturated rings. The molecule has 0 heterocycles. The zero-order chi connectivity index (χ0) is 14.2. The average molecular weight is 271 g/mol. The second-order valence-electron chi connectivity index (χ2n) is 4.71. The van der Waals surface area contributed by atoms with E-state index in [1.165, 1.54) is 0 Å². The van der Waals surface area contributed by atoms with Crippen LogP contribution in [0.4, 0.5) is 0 Å². The fraction of sp³-hybridized carbons (Fsp3) is 0.294. The average Bonchev–Trinajstić information content (AvgIpc) is 2.52. The predicted molar refractivity (Wildman–Crippen MR) is 80.7 cm³/mol. The van der Waals surface area contributed by atoms with Gasteiger partial charge in [0.1, 0.15) is 12.4 Å². The van der Waals surface area contributed by atoms with E-state index in [1.54, 1.807) is 0 Å². The van der Waals surface area contributed by atoms with Gasteiger partial charge in [-0.05, 0) is 18.6 Å². The molecule has 0 aromatic heterocycles. The molecule has 3 heteroatoms. The summed E-state index contributed by atoms with van der Waals surface area (Å²) in [6.45, 7) is 3.34. The van der Waals surface area contributed by atoms with Gasteiger partial charge in [0.2, 0.25) is 0 Å². The third kappa shape index (κ3) is 4.08. The SMILES string of the molecule is CC(NCCO)c1ccccc1OCc1ccccc1. The first-order valence-electron chi connectivity index (χ1n) is 6.91. The molecule has 2 aromatic carbocycles. The summed E-state index contributed by atoms with van der Waals surface area (Å²) < 4.78 is 5.92. The Balaban J connectivity index is 2.04. The van der Waals surface area contributed by atoms with Gasteiger partial charge in [-0.1, -0.05) is 48.5 Å². The van der Waals surface area contributed by atoms with Gasteiger partial charge in [-0.15, -0.1) is 0 Å². The van der Waals surface area contributed by atoms with Crippen molar-refractivity contribution < 1.29 is 9.84 Å². The summed E-state index contributed by atoms with van der Waals surface area (Å²) in [5.41, 5.74) is 2.26. The quantitative estimate of drug-likeness (QED) is 0.813. The number of nitrogens with one attached hydrogen (secondary N) is 1. The van der Waals surface area contributed by atoms with Crippen molar-refractivity contribution >= 4 is 0 Å². The molecule has 2 rings (SSSR count). The fourth-order valence-corrected chi connectivity index (χ4v) is 2.10. The highest BCUT2D eigenvalue weighted by Gasteiger charge is 2.10. The van der Waals surface area contributed by atoms with Crippen LogP contribution in [0.3, 0.4) is 0 Å². The highest BCUT2D eigenvalue weighted by molar-refractivity contribution is 5.35. The van der Waals surface area contributed by atoms with Crippen molar-refractivity contribution in [1.29, 1.82) is 0 Å². The van der Waals surface area contributed by atoms with Gasteiger partial charge in [-0.25, -0.2) is 0 Å². The second kappa shape index (κ2) is 7.68. The minimum atomic E-state index is 0.136. The Morgan fingerprint density at radius 2 is 1.75 bits per heavy atom. The summed E-state index contributed by atoms with van der Waals surface area (Å²) in [6, 6.07) is 18.3. The molecule has 0 radical (unpaired) electrons. The Morgan fingerprint density at radius 1 is 1.05 bits per heavy atom. The van der Waals surface area contributed by atoms with Gasteiger partial charge in [0, 0.05) is 18.2 Å². The minimum Gasteiger partial charge on any atom is -0.489 e. The highest BCUT2D eigenvalue weighted by atomic mass is 16.5. The predicted octanol–water partition coefficient (Wildman–Crippen LogP) is 2.91. The number of ether oxygens (including phenoxy) is 1. The summed E-state index contributed by atoms with van der Waals surface area (Å²) in [5, 5.41) is 12.1. The molecule has 0 saturated heterocycles. The van der Waals surface area contributed by atoms with Crippen molar-refractivity contribution in [2.75, 3.05) is 13.2 Å². The van der Waals surface area contributed by atoms with Crippen LogP contribution in [0, 0.1) is 0 Å². The summed E-state index contributed by atoms with van der Waals surface area (Å²) >= 11 is 0. The van der Waals surface area contributed by atoms with Gasteiger partial charge in [0.25, 0.3) is 0 Å². The molecule has 1 atom stereocenters. The Kier molecular flexibility index (Phi) is 5.59. The maximum absolute atomic E-state index is 8.89. The monoisotopic (exact) mass is 271 g/mol. The van der Waals surface area contributed by atoms with Crippen molar-refractivity contribution in [3.63, 3.8) is 0 Å². The van der Waals surface area contributed by atoms with Crippen LogP contribution < -0.4 is 10.1 Å². The first kappa shape index (κ1) is 14.6. The molecule has 0 aliphatic rings. The van der Waals surface area contributed by atoms with Gasteiger partial charge >= 0.3 is 0 Å². The Hall–Kier alpha value is -1.84. The molecular formula is C17H21NO2. The number of hydrogen-bond donors (Lipinski definition) is 2. The molecular weight excluding hydrogens is 250 g/mol. The van der Waals surface area contributed by atoms with Crippen LogP contribution in [-0.4, -0.2) is 18.3 Å². The Morgan fingerprint density at radius 3 is 2.50 bits per heavy atom. The number of benzene rings is 2. The first-order chi connectivity index (χ1) is 9.81.